The number of amides is 2. The molecule has 0 unspecified atom stereocenters. The van der Waals surface area contributed by atoms with Crippen molar-refractivity contribution in [2.24, 2.45) is 0 Å². The number of nitrogens with one attached hydrogen (secondary N) is 1. The normalized spacial score (nSPS) is 14.1. The minimum Gasteiger partial charge on any atom is -0.343 e. The lowest BCUT2D eigenvalue weighted by atomic mass is 10.1. The summed E-state index contributed by atoms with van der Waals surface area (Å²) in [4.78, 5) is 21.4. The Morgan fingerprint density at radius 3 is 2.55 bits per heavy atom. The van der Waals surface area contributed by atoms with Gasteiger partial charge in [-0.1, -0.05) is 49.4 Å². The monoisotopic (exact) mass is 407 g/mol. The largest absolute Gasteiger partial charge is 0.343 e. The van der Waals surface area contributed by atoms with Gasteiger partial charge in [-0.05, 0) is 29.7 Å². The van der Waals surface area contributed by atoms with E-state index in [4.69, 9.17) is 4.98 Å². The van der Waals surface area contributed by atoms with E-state index in [9.17, 15) is 4.79 Å². The van der Waals surface area contributed by atoms with Crippen molar-refractivity contribution < 1.29 is 4.79 Å². The van der Waals surface area contributed by atoms with Gasteiger partial charge in [0.1, 0.15) is 5.82 Å². The number of aromatic nitrogens is 2. The van der Waals surface area contributed by atoms with E-state index in [1.165, 1.54) is 22.7 Å². The summed E-state index contributed by atoms with van der Waals surface area (Å²) in [5.41, 5.74) is 3.28. The van der Waals surface area contributed by atoms with Gasteiger partial charge in [0.2, 0.25) is 5.13 Å². The van der Waals surface area contributed by atoms with Crippen molar-refractivity contribution in [3.05, 3.63) is 71.5 Å². The topological polar surface area (TPSA) is 61.4 Å². The number of urea groups is 1. The molecule has 150 valence electrons. The smallest absolute Gasteiger partial charge is 0.321 e. The van der Waals surface area contributed by atoms with Crippen LogP contribution in [0, 0.1) is 0 Å². The summed E-state index contributed by atoms with van der Waals surface area (Å²) in [7, 11) is 0. The van der Waals surface area contributed by atoms with Gasteiger partial charge in [-0.15, -0.1) is 0 Å². The molecule has 29 heavy (non-hydrogen) atoms. The van der Waals surface area contributed by atoms with Gasteiger partial charge < -0.3 is 15.1 Å². The van der Waals surface area contributed by atoms with Crippen LogP contribution in [0.5, 0.6) is 0 Å². The molecule has 1 aliphatic rings. The Morgan fingerprint density at radius 2 is 1.79 bits per heavy atom. The van der Waals surface area contributed by atoms with Gasteiger partial charge in [0, 0.05) is 49.8 Å². The zero-order chi connectivity index (χ0) is 20.1. The molecule has 1 saturated heterocycles. The lowest BCUT2D eigenvalue weighted by Gasteiger charge is -2.34. The number of carbonyl (C=O) groups is 1. The van der Waals surface area contributed by atoms with E-state index in [-0.39, 0.29) is 6.03 Å². The maximum absolute atomic E-state index is 12.6. The minimum atomic E-state index is -0.0417. The van der Waals surface area contributed by atoms with Crippen LogP contribution in [0.3, 0.4) is 0 Å². The number of carbonyl (C=O) groups excluding carboxylic acids is 1. The highest BCUT2D eigenvalue weighted by atomic mass is 32.1. The predicted molar refractivity (Wildman–Crippen MR) is 118 cm³/mol. The van der Waals surface area contributed by atoms with Crippen molar-refractivity contribution in [3.8, 4) is 0 Å². The van der Waals surface area contributed by atoms with Crippen LogP contribution in [0.15, 0.2) is 54.6 Å². The van der Waals surface area contributed by atoms with E-state index in [0.29, 0.717) is 13.1 Å². The van der Waals surface area contributed by atoms with Crippen molar-refractivity contribution in [2.75, 3.05) is 36.4 Å². The summed E-state index contributed by atoms with van der Waals surface area (Å²) in [6.45, 7) is 4.99. The zero-order valence-corrected chi connectivity index (χ0v) is 17.4. The maximum atomic E-state index is 12.6. The van der Waals surface area contributed by atoms with Gasteiger partial charge in [-0.3, -0.25) is 0 Å². The Hall–Kier alpha value is -2.93. The van der Waals surface area contributed by atoms with Gasteiger partial charge in [-0.25, -0.2) is 9.78 Å². The second kappa shape index (κ2) is 9.05. The molecular formula is C22H25N5OS. The lowest BCUT2D eigenvalue weighted by Crippen LogP contribution is -2.50. The van der Waals surface area contributed by atoms with Gasteiger partial charge in [-0.2, -0.15) is 4.37 Å². The van der Waals surface area contributed by atoms with Crippen LogP contribution in [0.2, 0.25) is 0 Å². The molecular weight excluding hydrogens is 382 g/mol. The number of anilines is 2. The Morgan fingerprint density at radius 1 is 1.03 bits per heavy atom. The summed E-state index contributed by atoms with van der Waals surface area (Å²) in [6.07, 6.45) is 1.70. The first kappa shape index (κ1) is 19.4. The standard InChI is InChI=1S/C22H25N5OS/c1-2-17-9-6-10-19(15-17)23-21(28)26-11-13-27(14-12-26)22-24-20(25-29-22)16-18-7-4-3-5-8-18/h3-10,15H,2,11-14,16H2,1H3,(H,23,28). The molecule has 4 rings (SSSR count). The van der Waals surface area contributed by atoms with Crippen LogP contribution < -0.4 is 10.2 Å². The van der Waals surface area contributed by atoms with Gasteiger partial charge in [0.15, 0.2) is 0 Å². The van der Waals surface area contributed by atoms with Crippen molar-refractivity contribution in [1.29, 1.82) is 0 Å². The van der Waals surface area contributed by atoms with Crippen LogP contribution >= 0.6 is 11.5 Å². The first-order chi connectivity index (χ1) is 14.2. The number of rotatable bonds is 5. The number of hydrogen-bond acceptors (Lipinski definition) is 5. The average molecular weight is 408 g/mol. The summed E-state index contributed by atoms with van der Waals surface area (Å²) in [5, 5.41) is 3.95. The molecule has 1 aliphatic heterocycles. The highest BCUT2D eigenvalue weighted by Crippen LogP contribution is 2.21. The van der Waals surface area contributed by atoms with E-state index in [1.807, 2.05) is 41.3 Å². The Kier molecular flexibility index (Phi) is 6.05. The fourth-order valence-corrected chi connectivity index (χ4v) is 4.13. The van der Waals surface area contributed by atoms with Crippen molar-refractivity contribution >= 4 is 28.4 Å². The van der Waals surface area contributed by atoms with Crippen LogP contribution in [0.1, 0.15) is 23.9 Å². The Balaban J connectivity index is 1.30. The van der Waals surface area contributed by atoms with Crippen LogP contribution in [-0.4, -0.2) is 46.5 Å². The third-order valence-corrected chi connectivity index (χ3v) is 5.90. The van der Waals surface area contributed by atoms with Crippen molar-refractivity contribution in [1.82, 2.24) is 14.3 Å². The SMILES string of the molecule is CCc1cccc(NC(=O)N2CCN(c3nc(Cc4ccccc4)ns3)CC2)c1. The molecule has 0 radical (unpaired) electrons. The molecule has 0 bridgehead atoms. The van der Waals surface area contributed by atoms with E-state index >= 15 is 0 Å². The quantitative estimate of drug-likeness (QED) is 0.693. The molecule has 0 saturated carbocycles. The highest BCUT2D eigenvalue weighted by Gasteiger charge is 2.23. The predicted octanol–water partition coefficient (Wildman–Crippen LogP) is 4.05. The molecule has 3 aromatic rings. The van der Waals surface area contributed by atoms with Crippen LogP contribution in [-0.2, 0) is 12.8 Å². The first-order valence-electron chi connectivity index (χ1n) is 9.97. The van der Waals surface area contributed by atoms with Crippen molar-refractivity contribution in [3.63, 3.8) is 0 Å². The first-order valence-corrected chi connectivity index (χ1v) is 10.7. The Bertz CT molecular complexity index is 951. The van der Waals surface area contributed by atoms with E-state index in [2.05, 4.69) is 39.7 Å². The number of aryl methyl sites for hydroxylation is 1. The number of piperazine rings is 1. The average Bonchev–Trinajstić information content (AvgIpc) is 3.23. The van der Waals surface area contributed by atoms with Crippen LogP contribution in [0.25, 0.3) is 0 Å². The zero-order valence-electron chi connectivity index (χ0n) is 16.5. The molecule has 6 nitrogen and oxygen atoms in total. The summed E-state index contributed by atoms with van der Waals surface area (Å²) < 4.78 is 4.51. The summed E-state index contributed by atoms with van der Waals surface area (Å²) in [6, 6.07) is 18.2. The molecule has 2 heterocycles. The number of nitrogens with zero attached hydrogens (tertiary/aromatic N) is 4. The van der Waals surface area contributed by atoms with E-state index in [1.54, 1.807) is 0 Å². The molecule has 2 amide bonds. The number of benzene rings is 2. The Labute approximate surface area is 175 Å². The molecule has 0 aliphatic carbocycles. The molecule has 1 aromatic heterocycles. The third kappa shape index (κ3) is 4.92. The fraction of sp³-hybridized carbons (Fsp3) is 0.318. The maximum Gasteiger partial charge on any atom is 0.321 e. The molecule has 0 spiro atoms. The fourth-order valence-electron chi connectivity index (χ4n) is 3.40. The van der Waals surface area contributed by atoms with E-state index < -0.39 is 0 Å². The van der Waals surface area contributed by atoms with Gasteiger partial charge in [0.25, 0.3) is 0 Å². The number of hydrogen-bond donors (Lipinski definition) is 1. The second-order valence-corrected chi connectivity index (χ2v) is 7.84. The lowest BCUT2D eigenvalue weighted by molar-refractivity contribution is 0.208. The summed E-state index contributed by atoms with van der Waals surface area (Å²) >= 11 is 1.44. The van der Waals surface area contributed by atoms with Gasteiger partial charge >= 0.3 is 6.03 Å². The molecule has 7 heteroatoms. The molecule has 1 fully saturated rings. The highest BCUT2D eigenvalue weighted by molar-refractivity contribution is 7.09. The van der Waals surface area contributed by atoms with E-state index in [0.717, 1.165) is 42.6 Å². The third-order valence-electron chi connectivity index (χ3n) is 5.09. The minimum absolute atomic E-state index is 0.0417. The second-order valence-electron chi connectivity index (χ2n) is 7.11. The van der Waals surface area contributed by atoms with Gasteiger partial charge in [0.05, 0.1) is 0 Å². The van der Waals surface area contributed by atoms with Crippen molar-refractivity contribution in [2.45, 2.75) is 19.8 Å². The molecule has 0 atom stereocenters. The molecule has 1 N–H and O–H groups in total. The van der Waals surface area contributed by atoms with Crippen LogP contribution in [0.4, 0.5) is 15.6 Å². The summed E-state index contributed by atoms with van der Waals surface area (Å²) in [5.74, 6) is 0.854. The molecule has 2 aromatic carbocycles.